The van der Waals surface area contributed by atoms with Crippen molar-refractivity contribution < 1.29 is 4.79 Å². The quantitative estimate of drug-likeness (QED) is 0.925. The predicted molar refractivity (Wildman–Crippen MR) is 84.1 cm³/mol. The van der Waals surface area contributed by atoms with Crippen LogP contribution < -0.4 is 5.32 Å². The highest BCUT2D eigenvalue weighted by atomic mass is 32.1. The molecule has 5 heteroatoms. The van der Waals surface area contributed by atoms with Gasteiger partial charge in [0.15, 0.2) is 0 Å². The lowest BCUT2D eigenvalue weighted by Gasteiger charge is -2.26. The monoisotopic (exact) mass is 305 g/mol. The molecule has 2 unspecified atom stereocenters. The molecule has 1 aromatic rings. The highest BCUT2D eigenvalue weighted by Gasteiger charge is 2.59. The van der Waals surface area contributed by atoms with Crippen LogP contribution in [0.15, 0.2) is 17.5 Å². The molecular weight excluding hydrogens is 282 g/mol. The largest absolute Gasteiger partial charge is 0.320 e. The second-order valence-electron chi connectivity index (χ2n) is 6.65. The number of carbonyl (C=O) groups is 1. The summed E-state index contributed by atoms with van der Waals surface area (Å²) in [6.07, 6.45) is 3.35. The van der Waals surface area contributed by atoms with Crippen molar-refractivity contribution in [2.75, 3.05) is 26.2 Å². The number of hydrogen-bond acceptors (Lipinski definition) is 4. The second-order valence-corrected chi connectivity index (χ2v) is 7.63. The average molecular weight is 305 g/mol. The van der Waals surface area contributed by atoms with E-state index in [0.717, 1.165) is 32.5 Å². The first-order valence-electron chi connectivity index (χ1n) is 8.06. The number of carbonyl (C=O) groups excluding carboxylic acids is 1. The molecule has 2 atom stereocenters. The lowest BCUT2D eigenvalue weighted by atomic mass is 10.1. The van der Waals surface area contributed by atoms with Crippen molar-refractivity contribution in [3.05, 3.63) is 22.4 Å². The first-order chi connectivity index (χ1) is 10.2. The number of hydrogen-bond donors (Lipinski definition) is 1. The molecule has 0 aromatic carbocycles. The van der Waals surface area contributed by atoms with Gasteiger partial charge < -0.3 is 9.80 Å². The second kappa shape index (κ2) is 5.07. The molecule has 1 aliphatic carbocycles. The summed E-state index contributed by atoms with van der Waals surface area (Å²) in [5.41, 5.74) is -0.211. The van der Waals surface area contributed by atoms with Gasteiger partial charge in [0.1, 0.15) is 11.7 Å². The third-order valence-corrected chi connectivity index (χ3v) is 6.15. The van der Waals surface area contributed by atoms with Gasteiger partial charge in [-0.05, 0) is 49.7 Å². The molecule has 3 fully saturated rings. The van der Waals surface area contributed by atoms with Gasteiger partial charge in [0.25, 0.3) is 0 Å². The first kappa shape index (κ1) is 13.7. The van der Waals surface area contributed by atoms with Crippen LogP contribution in [0.4, 0.5) is 0 Å². The van der Waals surface area contributed by atoms with Crippen LogP contribution in [0.25, 0.3) is 0 Å². The number of thiophene rings is 1. The standard InChI is InChI=1S/C16H23N3OS/c1-2-18-8-5-12(10-18)11-19-14(13-4-3-9-21-13)17-16(6-7-16)15(19)20/h3-4,9,12,14,17H,2,5-8,10-11H2,1H3. The smallest absolute Gasteiger partial charge is 0.244 e. The maximum Gasteiger partial charge on any atom is 0.244 e. The Morgan fingerprint density at radius 3 is 2.95 bits per heavy atom. The summed E-state index contributed by atoms with van der Waals surface area (Å²) in [7, 11) is 0. The zero-order chi connectivity index (χ0) is 14.4. The van der Waals surface area contributed by atoms with Crippen molar-refractivity contribution in [2.24, 2.45) is 5.92 Å². The van der Waals surface area contributed by atoms with E-state index in [9.17, 15) is 4.79 Å². The highest BCUT2D eigenvalue weighted by molar-refractivity contribution is 7.10. The van der Waals surface area contributed by atoms with Gasteiger partial charge in [-0.25, -0.2) is 0 Å². The molecule has 4 rings (SSSR count). The molecule has 114 valence electrons. The van der Waals surface area contributed by atoms with Crippen LogP contribution in [-0.2, 0) is 4.79 Å². The van der Waals surface area contributed by atoms with E-state index in [1.807, 2.05) is 0 Å². The van der Waals surface area contributed by atoms with Crippen LogP contribution in [0.5, 0.6) is 0 Å². The summed E-state index contributed by atoms with van der Waals surface area (Å²) in [6.45, 7) is 6.59. The molecule has 21 heavy (non-hydrogen) atoms. The molecule has 1 spiro atoms. The predicted octanol–water partition coefficient (Wildman–Crippen LogP) is 2.05. The summed E-state index contributed by atoms with van der Waals surface area (Å²) < 4.78 is 0. The van der Waals surface area contributed by atoms with Crippen molar-refractivity contribution >= 4 is 17.2 Å². The third-order valence-electron chi connectivity index (χ3n) is 5.23. The molecule has 0 radical (unpaired) electrons. The van der Waals surface area contributed by atoms with Crippen LogP contribution in [0.3, 0.4) is 0 Å². The molecule has 3 heterocycles. The molecule has 1 saturated carbocycles. The van der Waals surface area contributed by atoms with E-state index in [0.29, 0.717) is 11.8 Å². The fourth-order valence-corrected chi connectivity index (χ4v) is 4.55. The summed E-state index contributed by atoms with van der Waals surface area (Å²) >= 11 is 1.75. The number of rotatable bonds is 4. The molecule has 3 aliphatic rings. The minimum absolute atomic E-state index is 0.107. The molecular formula is C16H23N3OS. The molecule has 1 aromatic heterocycles. The van der Waals surface area contributed by atoms with Crippen molar-refractivity contribution in [2.45, 2.75) is 37.9 Å². The van der Waals surface area contributed by atoms with Crippen LogP contribution in [0.1, 0.15) is 37.2 Å². The Morgan fingerprint density at radius 1 is 1.48 bits per heavy atom. The lowest BCUT2D eigenvalue weighted by molar-refractivity contribution is -0.131. The maximum atomic E-state index is 12.8. The van der Waals surface area contributed by atoms with E-state index in [4.69, 9.17) is 0 Å². The van der Waals surface area contributed by atoms with Gasteiger partial charge >= 0.3 is 0 Å². The van der Waals surface area contributed by atoms with Crippen molar-refractivity contribution in [1.82, 2.24) is 15.1 Å². The molecule has 2 aliphatic heterocycles. The van der Waals surface area contributed by atoms with E-state index in [1.165, 1.54) is 17.8 Å². The number of nitrogens with zero attached hydrogens (tertiary/aromatic N) is 2. The highest BCUT2D eigenvalue weighted by Crippen LogP contribution is 2.47. The summed E-state index contributed by atoms with van der Waals surface area (Å²) in [5.74, 6) is 0.975. The molecule has 1 N–H and O–H groups in total. The fraction of sp³-hybridized carbons (Fsp3) is 0.688. The van der Waals surface area contributed by atoms with Crippen LogP contribution in [-0.4, -0.2) is 47.4 Å². The van der Waals surface area contributed by atoms with Gasteiger partial charge in [0.2, 0.25) is 5.91 Å². The van der Waals surface area contributed by atoms with Crippen LogP contribution in [0.2, 0.25) is 0 Å². The summed E-state index contributed by atoms with van der Waals surface area (Å²) in [6, 6.07) is 4.23. The molecule has 1 amide bonds. The number of nitrogens with one attached hydrogen (secondary N) is 1. The maximum absolute atomic E-state index is 12.8. The summed E-state index contributed by atoms with van der Waals surface area (Å²) in [4.78, 5) is 18.7. The Labute approximate surface area is 130 Å². The Bertz CT molecular complexity index is 526. The summed E-state index contributed by atoms with van der Waals surface area (Å²) in [5, 5.41) is 5.72. The van der Waals surface area contributed by atoms with Gasteiger partial charge in [-0.3, -0.25) is 10.1 Å². The van der Waals surface area contributed by atoms with Crippen molar-refractivity contribution in [3.63, 3.8) is 0 Å². The zero-order valence-electron chi connectivity index (χ0n) is 12.5. The van der Waals surface area contributed by atoms with Crippen molar-refractivity contribution in [1.29, 1.82) is 0 Å². The van der Waals surface area contributed by atoms with E-state index in [1.54, 1.807) is 11.3 Å². The normalized spacial score (nSPS) is 31.5. The molecule has 2 saturated heterocycles. The Hall–Kier alpha value is -0.910. The van der Waals surface area contributed by atoms with Gasteiger partial charge in [0, 0.05) is 18.0 Å². The zero-order valence-corrected chi connectivity index (χ0v) is 13.4. The average Bonchev–Trinajstić information content (AvgIpc) is 2.87. The van der Waals surface area contributed by atoms with E-state index < -0.39 is 0 Å². The number of amides is 1. The van der Waals surface area contributed by atoms with Gasteiger partial charge in [-0.2, -0.15) is 0 Å². The number of likely N-dealkylation sites (tertiary alicyclic amines) is 1. The van der Waals surface area contributed by atoms with E-state index >= 15 is 0 Å². The van der Waals surface area contributed by atoms with Gasteiger partial charge in [-0.1, -0.05) is 13.0 Å². The van der Waals surface area contributed by atoms with Gasteiger partial charge in [-0.15, -0.1) is 11.3 Å². The van der Waals surface area contributed by atoms with Crippen LogP contribution >= 0.6 is 11.3 Å². The minimum atomic E-state index is -0.211. The lowest BCUT2D eigenvalue weighted by Crippen LogP contribution is -2.36. The minimum Gasteiger partial charge on any atom is -0.320 e. The van der Waals surface area contributed by atoms with Crippen LogP contribution in [0, 0.1) is 5.92 Å². The fourth-order valence-electron chi connectivity index (χ4n) is 3.76. The Morgan fingerprint density at radius 2 is 2.33 bits per heavy atom. The van der Waals surface area contributed by atoms with Gasteiger partial charge in [0.05, 0.1) is 0 Å². The van der Waals surface area contributed by atoms with E-state index in [-0.39, 0.29) is 11.7 Å². The first-order valence-corrected chi connectivity index (χ1v) is 8.94. The molecule has 4 nitrogen and oxygen atoms in total. The molecule has 0 bridgehead atoms. The van der Waals surface area contributed by atoms with Crippen molar-refractivity contribution in [3.8, 4) is 0 Å². The Kier molecular flexibility index (Phi) is 3.32. The van der Waals surface area contributed by atoms with E-state index in [2.05, 4.69) is 39.6 Å². The SMILES string of the molecule is CCN1CCC(CN2C(=O)C3(CC3)NC2c2cccs2)C1. The Balaban J connectivity index is 1.52. The third kappa shape index (κ3) is 2.31. The topological polar surface area (TPSA) is 35.6 Å².